The number of hydrogen-bond donors (Lipinski definition) is 0. The molecule has 12 heteroatoms. The average Bonchev–Trinajstić information content (AvgIpc) is 3.65. The summed E-state index contributed by atoms with van der Waals surface area (Å²) in [6, 6.07) is 5.48. The lowest BCUT2D eigenvalue weighted by Gasteiger charge is -2.26. The van der Waals surface area contributed by atoms with Gasteiger partial charge < -0.3 is 18.6 Å². The van der Waals surface area contributed by atoms with Crippen molar-refractivity contribution >= 4 is 38.6 Å². The smallest absolute Gasteiger partial charge is 0.294 e. The largest absolute Gasteiger partial charge is 0.496 e. The Balaban J connectivity index is 1.25. The van der Waals surface area contributed by atoms with E-state index in [9.17, 15) is 8.78 Å². The number of ether oxygens (including phenoxy) is 3. The number of nitrogens with zero attached hydrogens (tertiary/aromatic N) is 4. The van der Waals surface area contributed by atoms with Crippen molar-refractivity contribution in [1.29, 1.82) is 0 Å². The third-order valence-electron chi connectivity index (χ3n) is 6.31. The molecule has 4 heterocycles. The van der Waals surface area contributed by atoms with Crippen LogP contribution in [0.5, 0.6) is 16.7 Å². The van der Waals surface area contributed by atoms with E-state index >= 15 is 0 Å². The fraction of sp³-hybridized carbons (Fsp3) is 0.375. The summed E-state index contributed by atoms with van der Waals surface area (Å²) in [5.41, 5.74) is 2.05. The number of fused-ring (bicyclic) bond motifs is 2. The van der Waals surface area contributed by atoms with Crippen LogP contribution in [0.15, 0.2) is 34.2 Å². The first-order valence-corrected chi connectivity index (χ1v) is 13.1. The molecule has 0 spiro atoms. The van der Waals surface area contributed by atoms with E-state index in [1.165, 1.54) is 22.7 Å². The second kappa shape index (κ2) is 9.00. The van der Waals surface area contributed by atoms with Crippen LogP contribution in [0.4, 0.5) is 8.78 Å². The summed E-state index contributed by atoms with van der Waals surface area (Å²) < 4.78 is 51.6. The van der Waals surface area contributed by atoms with Gasteiger partial charge in [-0.3, -0.25) is 0 Å². The van der Waals surface area contributed by atoms with Gasteiger partial charge in [0.05, 0.1) is 36.5 Å². The predicted octanol–water partition coefficient (Wildman–Crippen LogP) is 6.55. The van der Waals surface area contributed by atoms with Crippen molar-refractivity contribution in [2.24, 2.45) is 0 Å². The molecule has 0 atom stereocenters. The van der Waals surface area contributed by atoms with Crippen LogP contribution < -0.4 is 14.2 Å². The Kier molecular flexibility index (Phi) is 5.79. The number of benzene rings is 1. The normalized spacial score (nSPS) is 16.1. The van der Waals surface area contributed by atoms with Gasteiger partial charge in [-0.15, -0.1) is 16.4 Å². The van der Waals surface area contributed by atoms with Crippen LogP contribution in [0.25, 0.3) is 27.4 Å². The molecule has 0 bridgehead atoms. The van der Waals surface area contributed by atoms with Crippen LogP contribution in [0.2, 0.25) is 0 Å². The minimum atomic E-state index is -2.55. The number of halogens is 2. The van der Waals surface area contributed by atoms with Crippen LogP contribution in [0.1, 0.15) is 42.3 Å². The van der Waals surface area contributed by atoms with Crippen LogP contribution in [-0.4, -0.2) is 39.7 Å². The molecule has 5 aromatic rings. The van der Waals surface area contributed by atoms with Gasteiger partial charge in [-0.2, -0.15) is 4.52 Å². The lowest BCUT2D eigenvalue weighted by molar-refractivity contribution is -0.0382. The number of furan rings is 1. The van der Waals surface area contributed by atoms with E-state index in [0.29, 0.717) is 51.5 Å². The van der Waals surface area contributed by atoms with E-state index < -0.39 is 5.92 Å². The van der Waals surface area contributed by atoms with Crippen molar-refractivity contribution < 1.29 is 27.4 Å². The topological polar surface area (TPSA) is 83.9 Å². The molecular formula is C24H22F2N4O4S2. The van der Waals surface area contributed by atoms with Crippen molar-refractivity contribution in [2.45, 2.75) is 44.1 Å². The fourth-order valence-electron chi connectivity index (χ4n) is 4.39. The molecule has 188 valence electrons. The van der Waals surface area contributed by atoms with E-state index in [4.69, 9.17) is 18.6 Å². The summed E-state index contributed by atoms with van der Waals surface area (Å²) in [6.45, 7) is 0.238. The highest BCUT2D eigenvalue weighted by Crippen LogP contribution is 2.42. The Bertz CT molecular complexity index is 1530. The zero-order chi connectivity index (χ0) is 24.9. The number of rotatable bonds is 7. The van der Waals surface area contributed by atoms with Gasteiger partial charge in [0.25, 0.3) is 5.19 Å². The number of alkyl halides is 2. The maximum Gasteiger partial charge on any atom is 0.294 e. The molecule has 0 N–H and O–H groups in total. The third-order valence-corrected chi connectivity index (χ3v) is 8.25. The van der Waals surface area contributed by atoms with Gasteiger partial charge >= 0.3 is 0 Å². The van der Waals surface area contributed by atoms with E-state index in [-0.39, 0.29) is 25.4 Å². The molecule has 1 aliphatic rings. The van der Waals surface area contributed by atoms with Gasteiger partial charge in [-0.1, -0.05) is 0 Å². The molecule has 0 aliphatic heterocycles. The molecular weight excluding hydrogens is 510 g/mol. The number of imidazole rings is 1. The van der Waals surface area contributed by atoms with E-state index in [1.807, 2.05) is 11.4 Å². The Morgan fingerprint density at radius 2 is 2.00 bits per heavy atom. The van der Waals surface area contributed by atoms with Crippen LogP contribution in [-0.2, 0) is 6.61 Å². The summed E-state index contributed by atoms with van der Waals surface area (Å²) in [6.07, 6.45) is 2.46. The Hall–Kier alpha value is -3.25. The number of aromatic nitrogens is 4. The molecule has 0 amide bonds. The SMILES string of the molecule is COc1cc(OCc2csc(C3CCC(F)(F)CC3)n2)c2cc(-c3cnc4sc(OC)nn34)oc2c1. The molecule has 0 radical (unpaired) electrons. The van der Waals surface area contributed by atoms with E-state index in [2.05, 4.69) is 15.1 Å². The molecule has 8 nitrogen and oxygen atoms in total. The minimum absolute atomic E-state index is 0.0785. The summed E-state index contributed by atoms with van der Waals surface area (Å²) in [5.74, 6) is -0.708. The lowest BCUT2D eigenvalue weighted by atomic mass is 9.87. The van der Waals surface area contributed by atoms with Crippen molar-refractivity contribution in [2.75, 3.05) is 14.2 Å². The molecule has 1 fully saturated rings. The quantitative estimate of drug-likeness (QED) is 0.235. The molecule has 1 aromatic carbocycles. The predicted molar refractivity (Wildman–Crippen MR) is 132 cm³/mol. The van der Waals surface area contributed by atoms with Gasteiger partial charge in [0.1, 0.15) is 29.4 Å². The summed E-state index contributed by atoms with van der Waals surface area (Å²) in [7, 11) is 3.14. The second-order valence-corrected chi connectivity index (χ2v) is 10.5. The summed E-state index contributed by atoms with van der Waals surface area (Å²) in [5, 5.41) is 8.51. The molecule has 0 unspecified atom stereocenters. The number of thiazole rings is 1. The van der Waals surface area contributed by atoms with Gasteiger partial charge in [0, 0.05) is 36.3 Å². The van der Waals surface area contributed by atoms with Crippen molar-refractivity contribution in [3.63, 3.8) is 0 Å². The van der Waals surface area contributed by atoms with E-state index in [1.54, 1.807) is 37.1 Å². The molecule has 4 aromatic heterocycles. The van der Waals surface area contributed by atoms with Crippen LogP contribution in [0.3, 0.4) is 0 Å². The number of hydrogen-bond acceptors (Lipinski definition) is 9. The molecule has 0 saturated heterocycles. The zero-order valence-electron chi connectivity index (χ0n) is 19.5. The van der Waals surface area contributed by atoms with E-state index in [0.717, 1.165) is 16.1 Å². The van der Waals surface area contributed by atoms with Crippen molar-refractivity contribution in [3.8, 4) is 28.1 Å². The highest BCUT2D eigenvalue weighted by atomic mass is 32.1. The Labute approximate surface area is 212 Å². The zero-order valence-corrected chi connectivity index (χ0v) is 21.1. The lowest BCUT2D eigenvalue weighted by Crippen LogP contribution is -2.23. The maximum absolute atomic E-state index is 13.5. The summed E-state index contributed by atoms with van der Waals surface area (Å²) in [4.78, 5) is 9.75. The van der Waals surface area contributed by atoms with Gasteiger partial charge in [-0.05, 0) is 30.2 Å². The average molecular weight is 533 g/mol. The third kappa shape index (κ3) is 4.28. The van der Waals surface area contributed by atoms with Crippen LogP contribution in [0, 0.1) is 0 Å². The Morgan fingerprint density at radius 1 is 1.17 bits per heavy atom. The first-order valence-electron chi connectivity index (χ1n) is 11.4. The molecule has 1 aliphatic carbocycles. The van der Waals surface area contributed by atoms with Crippen molar-refractivity contribution in [3.05, 3.63) is 40.5 Å². The van der Waals surface area contributed by atoms with Gasteiger partial charge in [-0.25, -0.2) is 18.7 Å². The maximum atomic E-state index is 13.5. The summed E-state index contributed by atoms with van der Waals surface area (Å²) >= 11 is 2.84. The molecule has 1 saturated carbocycles. The van der Waals surface area contributed by atoms with Crippen molar-refractivity contribution in [1.82, 2.24) is 19.6 Å². The Morgan fingerprint density at radius 3 is 2.78 bits per heavy atom. The highest BCUT2D eigenvalue weighted by Gasteiger charge is 2.36. The highest BCUT2D eigenvalue weighted by molar-refractivity contribution is 7.18. The fourth-order valence-corrected chi connectivity index (χ4v) is 6.06. The van der Waals surface area contributed by atoms with Crippen LogP contribution >= 0.6 is 22.7 Å². The van der Waals surface area contributed by atoms with Gasteiger partial charge in [0.15, 0.2) is 5.76 Å². The monoisotopic (exact) mass is 532 g/mol. The second-order valence-electron chi connectivity index (χ2n) is 8.65. The van der Waals surface area contributed by atoms with Gasteiger partial charge in [0.2, 0.25) is 10.9 Å². The standard InChI is InChI=1S/C24H22F2N4O4S2/c1-31-15-7-18(33-11-14-12-35-21(28-14)13-3-5-24(25,26)6-4-13)16-9-20(34-19(16)8-15)17-10-27-22-30(17)29-23(32-2)36-22/h7-10,12-13H,3-6,11H2,1-2H3. The first kappa shape index (κ1) is 23.2. The number of methoxy groups -OCH3 is 2. The molecule has 36 heavy (non-hydrogen) atoms. The molecule has 6 rings (SSSR count). The minimum Gasteiger partial charge on any atom is -0.496 e. The first-order chi connectivity index (χ1) is 17.4.